The van der Waals surface area contributed by atoms with E-state index in [2.05, 4.69) is 370 Å². The van der Waals surface area contributed by atoms with Gasteiger partial charge in [-0.25, -0.2) is 0 Å². The van der Waals surface area contributed by atoms with Crippen molar-refractivity contribution in [3.8, 4) is 78.4 Å². The van der Waals surface area contributed by atoms with E-state index in [0.29, 0.717) is 0 Å². The Labute approximate surface area is 553 Å². The number of rotatable bonds is 9. The van der Waals surface area contributed by atoms with E-state index in [1.54, 1.807) is 0 Å². The highest BCUT2D eigenvalue weighted by Gasteiger charge is 2.22. The Bertz CT molecular complexity index is 6580. The molecule has 0 unspecified atom stereocenters. The fraction of sp³-hybridized carbons (Fsp3) is 0. The van der Waals surface area contributed by atoms with Gasteiger partial charge in [0.2, 0.25) is 0 Å². The summed E-state index contributed by atoms with van der Waals surface area (Å²) in [6.07, 6.45) is 0. The lowest BCUT2D eigenvalue weighted by Gasteiger charge is -2.15. The first-order valence-corrected chi connectivity index (χ1v) is 33.1. The van der Waals surface area contributed by atoms with Gasteiger partial charge in [-0.3, -0.25) is 0 Å². The monoisotopic (exact) mass is 1220 g/mol. The predicted molar refractivity (Wildman–Crippen MR) is 406 cm³/mol. The molecule has 0 aliphatic carbocycles. The number of fused-ring (bicyclic) bond motifs is 14. The maximum atomic E-state index is 2.48. The molecule has 0 bridgehead atoms. The SMILES string of the molecule is c1ccc(-c2ccccc2-n2c3ccccc3c3cc(-c4ccc5c(c4)c4ccccc4n5-c4cccc5c(-c6cccc(-c7cccc(-n8c9ccccc9c9cc(-c%10ccc%11c(c%10)c%10ccccc%10n%11-c%10cccc%11ccccc%10%11)ccc98)c7)c6)cccc45)ccc32)cc1. The largest absolute Gasteiger partial charge is 0.309 e. The van der Waals surface area contributed by atoms with Crippen LogP contribution in [-0.2, 0) is 0 Å². The van der Waals surface area contributed by atoms with Crippen molar-refractivity contribution >= 4 is 109 Å². The third-order valence-electron chi connectivity index (χ3n) is 20.3. The lowest BCUT2D eigenvalue weighted by atomic mass is 9.94. The minimum absolute atomic E-state index is 1.12. The average molecular weight is 1220 g/mol. The average Bonchev–Trinajstić information content (AvgIpc) is 1.56. The highest BCUT2D eigenvalue weighted by atomic mass is 15.0. The minimum atomic E-state index is 1.12. The van der Waals surface area contributed by atoms with Crippen LogP contribution in [0.25, 0.3) is 187 Å². The van der Waals surface area contributed by atoms with Crippen molar-refractivity contribution in [2.45, 2.75) is 0 Å². The van der Waals surface area contributed by atoms with Crippen molar-refractivity contribution in [2.75, 3.05) is 0 Å². The van der Waals surface area contributed by atoms with Crippen LogP contribution in [0.4, 0.5) is 0 Å². The second kappa shape index (κ2) is 21.4. The van der Waals surface area contributed by atoms with Gasteiger partial charge in [-0.05, 0) is 170 Å². The summed E-state index contributed by atoms with van der Waals surface area (Å²) in [5.41, 5.74) is 26.0. The Morgan fingerprint density at radius 2 is 0.479 bits per heavy atom. The molecule has 0 radical (unpaired) electrons. The zero-order chi connectivity index (χ0) is 63.0. The minimum Gasteiger partial charge on any atom is -0.309 e. The van der Waals surface area contributed by atoms with Gasteiger partial charge in [0.05, 0.1) is 61.2 Å². The zero-order valence-corrected chi connectivity index (χ0v) is 52.3. The molecule has 0 atom stereocenters. The first-order valence-electron chi connectivity index (χ1n) is 33.1. The summed E-state index contributed by atoms with van der Waals surface area (Å²) in [4.78, 5) is 0. The molecule has 4 aromatic heterocycles. The lowest BCUT2D eigenvalue weighted by Crippen LogP contribution is -1.97. The van der Waals surface area contributed by atoms with Gasteiger partial charge in [0.15, 0.2) is 0 Å². The molecule has 16 aromatic carbocycles. The van der Waals surface area contributed by atoms with Crippen LogP contribution in [-0.4, -0.2) is 18.3 Å². The first kappa shape index (κ1) is 53.9. The number of aromatic nitrogens is 4. The quantitative estimate of drug-likeness (QED) is 0.137. The second-order valence-corrected chi connectivity index (χ2v) is 25.5. The molecule has 0 saturated carbocycles. The van der Waals surface area contributed by atoms with E-state index in [1.807, 2.05) is 0 Å². The van der Waals surface area contributed by atoms with Gasteiger partial charge in [0.25, 0.3) is 0 Å². The number of para-hydroxylation sites is 5. The van der Waals surface area contributed by atoms with Crippen molar-refractivity contribution < 1.29 is 0 Å². The summed E-state index contributed by atoms with van der Waals surface area (Å²) >= 11 is 0. The van der Waals surface area contributed by atoms with Crippen LogP contribution in [0.1, 0.15) is 0 Å². The van der Waals surface area contributed by atoms with Crippen molar-refractivity contribution in [1.29, 1.82) is 0 Å². The highest BCUT2D eigenvalue weighted by Crippen LogP contribution is 2.44. The van der Waals surface area contributed by atoms with Crippen LogP contribution < -0.4 is 0 Å². The fourth-order valence-corrected chi connectivity index (χ4v) is 16.0. The number of hydrogen-bond acceptors (Lipinski definition) is 0. The molecule has 0 N–H and O–H groups in total. The van der Waals surface area contributed by atoms with Crippen LogP contribution in [0.2, 0.25) is 0 Å². The molecule has 446 valence electrons. The maximum Gasteiger partial charge on any atom is 0.0541 e. The molecule has 0 spiro atoms. The van der Waals surface area contributed by atoms with E-state index < -0.39 is 0 Å². The molecular formula is C92H58N4. The molecule has 20 aromatic rings. The summed E-state index contributed by atoms with van der Waals surface area (Å²) in [5, 5.41) is 14.8. The molecule has 4 heterocycles. The highest BCUT2D eigenvalue weighted by molar-refractivity contribution is 6.16. The van der Waals surface area contributed by atoms with Gasteiger partial charge in [-0.15, -0.1) is 0 Å². The van der Waals surface area contributed by atoms with Crippen LogP contribution >= 0.6 is 0 Å². The third-order valence-corrected chi connectivity index (χ3v) is 20.3. The maximum absolute atomic E-state index is 2.48. The number of hydrogen-bond donors (Lipinski definition) is 0. The molecular weight excluding hydrogens is 1160 g/mol. The van der Waals surface area contributed by atoms with E-state index in [1.165, 1.54) is 170 Å². The van der Waals surface area contributed by atoms with Gasteiger partial charge in [-0.2, -0.15) is 0 Å². The van der Waals surface area contributed by atoms with Gasteiger partial charge in [0.1, 0.15) is 0 Å². The van der Waals surface area contributed by atoms with E-state index >= 15 is 0 Å². The van der Waals surface area contributed by atoms with Crippen LogP contribution in [0.3, 0.4) is 0 Å². The Kier molecular flexibility index (Phi) is 12.0. The third kappa shape index (κ3) is 8.29. The molecule has 0 aliphatic rings. The number of benzene rings is 16. The predicted octanol–water partition coefficient (Wildman–Crippen LogP) is 24.7. The van der Waals surface area contributed by atoms with Crippen molar-refractivity contribution in [3.05, 3.63) is 352 Å². The summed E-state index contributed by atoms with van der Waals surface area (Å²) in [6.45, 7) is 0. The van der Waals surface area contributed by atoms with Gasteiger partial charge >= 0.3 is 0 Å². The topological polar surface area (TPSA) is 19.7 Å². The fourth-order valence-electron chi connectivity index (χ4n) is 16.0. The van der Waals surface area contributed by atoms with E-state index in [4.69, 9.17) is 0 Å². The summed E-state index contributed by atoms with van der Waals surface area (Å²) in [5.74, 6) is 0. The van der Waals surface area contributed by atoms with E-state index in [9.17, 15) is 0 Å². The molecule has 96 heavy (non-hydrogen) atoms. The summed E-state index contributed by atoms with van der Waals surface area (Å²) < 4.78 is 9.80. The first-order chi connectivity index (χ1) is 47.6. The standard InChI is InChI=1S/C92H58N4/c1-2-21-59(22-3-1)70-30-6-11-38-82(70)94-85-40-13-8-32-75(85)79-57-65(46-50-90(79)94)66-48-52-92-81(58-66)77-34-10-15-42-87(77)96(92)88-44-20-36-72-69(35-19-37-73(72)88)67-27-16-25-61(53-67)62-26-17-28-68(54-62)93-84-39-12-7-31-74(84)78-55-63(45-49-89(78)93)64-47-51-91-80(56-64)76-33-9-14-41-86(76)95(91)83-43-18-24-60-23-4-5-29-71(60)83/h1-58H. The Hall–Kier alpha value is -12.8. The second-order valence-electron chi connectivity index (χ2n) is 25.5. The van der Waals surface area contributed by atoms with Gasteiger partial charge < -0.3 is 18.3 Å². The Balaban J connectivity index is 0.645. The smallest absolute Gasteiger partial charge is 0.0541 e. The van der Waals surface area contributed by atoms with Crippen molar-refractivity contribution in [3.63, 3.8) is 0 Å². The Morgan fingerprint density at radius 3 is 1.06 bits per heavy atom. The molecule has 20 rings (SSSR count). The van der Waals surface area contributed by atoms with Gasteiger partial charge in [-0.1, -0.05) is 243 Å². The lowest BCUT2D eigenvalue weighted by molar-refractivity contribution is 1.18. The molecule has 0 fully saturated rings. The van der Waals surface area contributed by atoms with Crippen LogP contribution in [0.15, 0.2) is 352 Å². The summed E-state index contributed by atoms with van der Waals surface area (Å²) in [6, 6.07) is 130. The molecule has 0 amide bonds. The molecule has 0 saturated heterocycles. The summed E-state index contributed by atoms with van der Waals surface area (Å²) in [7, 11) is 0. The number of nitrogens with zero attached hydrogens (tertiary/aromatic N) is 4. The zero-order valence-electron chi connectivity index (χ0n) is 52.3. The van der Waals surface area contributed by atoms with E-state index in [-0.39, 0.29) is 0 Å². The van der Waals surface area contributed by atoms with E-state index in [0.717, 1.165) is 16.9 Å². The van der Waals surface area contributed by atoms with Crippen LogP contribution in [0.5, 0.6) is 0 Å². The van der Waals surface area contributed by atoms with Crippen LogP contribution in [0, 0.1) is 0 Å². The molecule has 4 nitrogen and oxygen atoms in total. The van der Waals surface area contributed by atoms with Crippen molar-refractivity contribution in [1.82, 2.24) is 18.3 Å². The van der Waals surface area contributed by atoms with Crippen molar-refractivity contribution in [2.24, 2.45) is 0 Å². The molecule has 4 heteroatoms. The normalized spacial score (nSPS) is 12.0. The van der Waals surface area contributed by atoms with Gasteiger partial charge in [0, 0.05) is 65.1 Å². The Morgan fingerprint density at radius 1 is 0.146 bits per heavy atom. The molecule has 0 aliphatic heterocycles.